The molecule has 2 heterocycles. The minimum atomic E-state index is 0.131. The van der Waals surface area contributed by atoms with Gasteiger partial charge in [-0.25, -0.2) is 0 Å². The van der Waals surface area contributed by atoms with E-state index in [9.17, 15) is 4.79 Å². The lowest BCUT2D eigenvalue weighted by Gasteiger charge is -2.45. The fraction of sp³-hybridized carbons (Fsp3) is 0.615. The van der Waals surface area contributed by atoms with Crippen LogP contribution >= 0.6 is 22.9 Å². The van der Waals surface area contributed by atoms with Gasteiger partial charge in [0.1, 0.15) is 0 Å². The number of rotatable bonds is 3. The molecule has 0 amide bonds. The van der Waals surface area contributed by atoms with E-state index in [-0.39, 0.29) is 11.3 Å². The summed E-state index contributed by atoms with van der Waals surface area (Å²) < 4.78 is 0.678. The fourth-order valence-corrected chi connectivity index (χ4v) is 3.19. The Balaban J connectivity index is 1.96. The van der Waals surface area contributed by atoms with Gasteiger partial charge >= 0.3 is 0 Å². The first-order valence-corrected chi connectivity index (χ1v) is 7.30. The number of nitrogens with zero attached hydrogens (tertiary/aromatic N) is 2. The number of carbonyl (C=O) groups excluding carboxylic acids is 1. The minimum absolute atomic E-state index is 0.131. The van der Waals surface area contributed by atoms with E-state index in [2.05, 4.69) is 30.7 Å². The number of thiophene rings is 1. The molecule has 0 aliphatic carbocycles. The topological polar surface area (TPSA) is 23.6 Å². The summed E-state index contributed by atoms with van der Waals surface area (Å²) in [5.74, 6) is 0.173. The van der Waals surface area contributed by atoms with Crippen molar-refractivity contribution in [3.05, 3.63) is 21.3 Å². The second kappa shape index (κ2) is 5.29. The molecule has 0 bridgehead atoms. The molecule has 0 atom stereocenters. The van der Waals surface area contributed by atoms with Crippen molar-refractivity contribution in [2.45, 2.75) is 19.4 Å². The number of hydrogen-bond donors (Lipinski definition) is 0. The molecule has 2 rings (SSSR count). The summed E-state index contributed by atoms with van der Waals surface area (Å²) in [6.45, 7) is 7.80. The molecule has 0 unspecified atom stereocenters. The zero-order valence-corrected chi connectivity index (χ0v) is 12.6. The fourth-order valence-electron chi connectivity index (χ4n) is 2.22. The summed E-state index contributed by atoms with van der Waals surface area (Å²) in [6, 6.07) is 3.60. The van der Waals surface area contributed by atoms with Gasteiger partial charge in [0.15, 0.2) is 5.78 Å². The molecule has 1 fully saturated rings. The molecule has 1 aromatic heterocycles. The zero-order valence-electron chi connectivity index (χ0n) is 11.1. The van der Waals surface area contributed by atoms with Gasteiger partial charge in [-0.3, -0.25) is 14.6 Å². The normalized spacial score (nSPS) is 21.1. The molecule has 1 aliphatic heterocycles. The van der Waals surface area contributed by atoms with E-state index in [4.69, 9.17) is 11.6 Å². The molecule has 0 aromatic carbocycles. The van der Waals surface area contributed by atoms with Crippen LogP contribution in [0, 0.1) is 0 Å². The summed E-state index contributed by atoms with van der Waals surface area (Å²) in [4.78, 5) is 17.5. The molecular weight excluding hydrogens is 268 g/mol. The smallest absolute Gasteiger partial charge is 0.186 e. The molecule has 5 heteroatoms. The Bertz CT molecular complexity index is 444. The van der Waals surface area contributed by atoms with Crippen molar-refractivity contribution in [3.8, 4) is 0 Å². The Hall–Kier alpha value is -0.420. The lowest BCUT2D eigenvalue weighted by atomic mass is 9.99. The van der Waals surface area contributed by atoms with E-state index in [1.807, 2.05) is 6.07 Å². The predicted molar refractivity (Wildman–Crippen MR) is 76.8 cm³/mol. The van der Waals surface area contributed by atoms with Crippen LogP contribution in [-0.2, 0) is 0 Å². The van der Waals surface area contributed by atoms with Crippen LogP contribution < -0.4 is 0 Å². The molecule has 0 saturated carbocycles. The quantitative estimate of drug-likeness (QED) is 0.798. The predicted octanol–water partition coefficient (Wildman–Crippen LogP) is 2.61. The molecule has 1 aromatic rings. The third-order valence-corrected chi connectivity index (χ3v) is 4.88. The van der Waals surface area contributed by atoms with Crippen LogP contribution in [0.3, 0.4) is 0 Å². The second-order valence-corrected chi connectivity index (χ2v) is 7.19. The Labute approximate surface area is 117 Å². The Morgan fingerprint density at radius 3 is 2.72 bits per heavy atom. The van der Waals surface area contributed by atoms with Crippen LogP contribution in [0.25, 0.3) is 0 Å². The summed E-state index contributed by atoms with van der Waals surface area (Å²) >= 11 is 7.22. The van der Waals surface area contributed by atoms with Gasteiger partial charge in [0.05, 0.1) is 15.8 Å². The van der Waals surface area contributed by atoms with E-state index in [1.54, 1.807) is 6.07 Å². The van der Waals surface area contributed by atoms with E-state index < -0.39 is 0 Å². The standard InChI is InChI=1S/C13H19ClN2OS/c1-13(2)9-16(7-6-15(13)3)8-10(17)11-4-5-12(14)18-11/h4-5H,6-9H2,1-3H3. The highest BCUT2D eigenvalue weighted by Crippen LogP contribution is 2.23. The molecule has 0 N–H and O–H groups in total. The Morgan fingerprint density at radius 2 is 2.17 bits per heavy atom. The number of hydrogen-bond acceptors (Lipinski definition) is 4. The molecule has 1 saturated heterocycles. The van der Waals surface area contributed by atoms with Gasteiger partial charge in [0.2, 0.25) is 0 Å². The van der Waals surface area contributed by atoms with Gasteiger partial charge < -0.3 is 0 Å². The van der Waals surface area contributed by atoms with Crippen LogP contribution in [0.4, 0.5) is 0 Å². The van der Waals surface area contributed by atoms with Gasteiger partial charge in [-0.15, -0.1) is 11.3 Å². The molecule has 0 spiro atoms. The van der Waals surface area contributed by atoms with E-state index >= 15 is 0 Å². The number of halogens is 1. The van der Waals surface area contributed by atoms with E-state index in [0.29, 0.717) is 10.9 Å². The molecular formula is C13H19ClN2OS. The second-order valence-electron chi connectivity index (χ2n) is 5.47. The van der Waals surface area contributed by atoms with Crippen molar-refractivity contribution in [1.82, 2.24) is 9.80 Å². The van der Waals surface area contributed by atoms with Crippen molar-refractivity contribution < 1.29 is 4.79 Å². The van der Waals surface area contributed by atoms with E-state index in [0.717, 1.165) is 24.5 Å². The summed E-state index contributed by atoms with van der Waals surface area (Å²) in [5.41, 5.74) is 0.131. The monoisotopic (exact) mass is 286 g/mol. The summed E-state index contributed by atoms with van der Waals surface area (Å²) in [6.07, 6.45) is 0. The van der Waals surface area contributed by atoms with Gasteiger partial charge in [0.25, 0.3) is 0 Å². The van der Waals surface area contributed by atoms with Crippen LogP contribution in [-0.4, -0.2) is 54.3 Å². The number of ketones is 1. The van der Waals surface area contributed by atoms with Gasteiger partial charge in [0, 0.05) is 25.2 Å². The first-order chi connectivity index (χ1) is 8.38. The van der Waals surface area contributed by atoms with E-state index in [1.165, 1.54) is 11.3 Å². The maximum Gasteiger partial charge on any atom is 0.186 e. The van der Waals surface area contributed by atoms with Crippen molar-refractivity contribution in [2.75, 3.05) is 33.2 Å². The molecule has 3 nitrogen and oxygen atoms in total. The molecule has 1 aliphatic rings. The van der Waals surface area contributed by atoms with Crippen molar-refractivity contribution >= 4 is 28.7 Å². The third-order valence-electron chi connectivity index (χ3n) is 3.61. The largest absolute Gasteiger partial charge is 0.299 e. The SMILES string of the molecule is CN1CCN(CC(=O)c2ccc(Cl)s2)CC1(C)C. The van der Waals surface area contributed by atoms with Crippen LogP contribution in [0.1, 0.15) is 23.5 Å². The van der Waals surface area contributed by atoms with Crippen molar-refractivity contribution in [1.29, 1.82) is 0 Å². The highest BCUT2D eigenvalue weighted by Gasteiger charge is 2.31. The first-order valence-electron chi connectivity index (χ1n) is 6.10. The lowest BCUT2D eigenvalue weighted by molar-refractivity contribution is 0.0391. The summed E-state index contributed by atoms with van der Waals surface area (Å²) in [5, 5.41) is 0. The van der Waals surface area contributed by atoms with Crippen molar-refractivity contribution in [2.24, 2.45) is 0 Å². The number of piperazine rings is 1. The molecule has 100 valence electrons. The van der Waals surface area contributed by atoms with Gasteiger partial charge in [-0.1, -0.05) is 11.6 Å². The first kappa shape index (κ1) is 14.0. The number of Topliss-reactive ketones (excluding diaryl/α,β-unsaturated/α-hetero) is 1. The minimum Gasteiger partial charge on any atom is -0.299 e. The zero-order chi connectivity index (χ0) is 13.3. The molecule has 0 radical (unpaired) electrons. The average molecular weight is 287 g/mol. The molecule has 18 heavy (non-hydrogen) atoms. The Morgan fingerprint density at radius 1 is 1.44 bits per heavy atom. The van der Waals surface area contributed by atoms with Gasteiger partial charge in [-0.2, -0.15) is 0 Å². The highest BCUT2D eigenvalue weighted by molar-refractivity contribution is 7.18. The Kier molecular flexibility index (Phi) is 4.11. The lowest BCUT2D eigenvalue weighted by Crippen LogP contribution is -2.58. The number of carbonyl (C=O) groups is 1. The van der Waals surface area contributed by atoms with Crippen LogP contribution in [0.5, 0.6) is 0 Å². The maximum atomic E-state index is 12.1. The summed E-state index contributed by atoms with van der Waals surface area (Å²) in [7, 11) is 2.14. The third kappa shape index (κ3) is 3.12. The number of likely N-dealkylation sites (N-methyl/N-ethyl adjacent to an activating group) is 1. The maximum absolute atomic E-state index is 12.1. The van der Waals surface area contributed by atoms with Gasteiger partial charge in [-0.05, 0) is 33.0 Å². The van der Waals surface area contributed by atoms with Crippen LogP contribution in [0.2, 0.25) is 4.34 Å². The highest BCUT2D eigenvalue weighted by atomic mass is 35.5. The van der Waals surface area contributed by atoms with Crippen LogP contribution in [0.15, 0.2) is 12.1 Å². The average Bonchev–Trinajstić information content (AvgIpc) is 2.70. The van der Waals surface area contributed by atoms with Crippen molar-refractivity contribution in [3.63, 3.8) is 0 Å².